The van der Waals surface area contributed by atoms with E-state index in [4.69, 9.17) is 15.5 Å². The van der Waals surface area contributed by atoms with Crippen molar-refractivity contribution in [1.82, 2.24) is 25.1 Å². The maximum Gasteiger partial charge on any atom is 0.424 e. The van der Waals surface area contributed by atoms with E-state index in [2.05, 4.69) is 21.9 Å². The second-order valence-electron chi connectivity index (χ2n) is 8.28. The molecule has 9 heteroatoms. The number of imidazole rings is 1. The number of hydrogen-bond donors (Lipinski definition) is 3. The van der Waals surface area contributed by atoms with Crippen molar-refractivity contribution in [3.63, 3.8) is 0 Å². The van der Waals surface area contributed by atoms with Crippen LogP contribution in [0.2, 0.25) is 0 Å². The first-order valence-corrected chi connectivity index (χ1v) is 10.1. The van der Waals surface area contributed by atoms with E-state index >= 15 is 0 Å². The fourth-order valence-corrected chi connectivity index (χ4v) is 3.20. The van der Waals surface area contributed by atoms with E-state index in [-0.39, 0.29) is 6.54 Å². The van der Waals surface area contributed by atoms with Crippen LogP contribution in [0.5, 0.6) is 0 Å². The number of nitrogens with zero attached hydrogens (tertiary/aromatic N) is 4. The number of carbonyl (C=O) groups excluding carboxylic acids is 1. The van der Waals surface area contributed by atoms with Gasteiger partial charge < -0.3 is 15.0 Å². The quantitative estimate of drug-likeness (QED) is 0.453. The summed E-state index contributed by atoms with van der Waals surface area (Å²) in [4.78, 5) is 20.8. The van der Waals surface area contributed by atoms with Gasteiger partial charge >= 0.3 is 6.09 Å². The molecule has 0 aromatic carbocycles. The topological polar surface area (TPSA) is 119 Å². The number of amides is 1. The van der Waals surface area contributed by atoms with Crippen LogP contribution in [0.1, 0.15) is 64.0 Å². The van der Waals surface area contributed by atoms with Gasteiger partial charge in [0, 0.05) is 25.2 Å². The van der Waals surface area contributed by atoms with Gasteiger partial charge in [-0.1, -0.05) is 12.1 Å². The Hall–Kier alpha value is -2.39. The Morgan fingerprint density at radius 2 is 1.97 bits per heavy atom. The first-order valence-electron chi connectivity index (χ1n) is 10.1. The number of aromatic nitrogens is 3. The van der Waals surface area contributed by atoms with Crippen LogP contribution >= 0.6 is 0 Å². The van der Waals surface area contributed by atoms with Crippen LogP contribution in [0.25, 0.3) is 11.0 Å². The highest BCUT2D eigenvalue weighted by Crippen LogP contribution is 2.27. The van der Waals surface area contributed by atoms with Gasteiger partial charge in [0.15, 0.2) is 5.82 Å². The molecule has 0 unspecified atom stereocenters. The normalized spacial score (nSPS) is 12.0. The molecule has 0 spiro atoms. The molecule has 0 aliphatic heterocycles. The average Bonchev–Trinajstić information content (AvgIpc) is 2.94. The van der Waals surface area contributed by atoms with E-state index in [0.717, 1.165) is 59.1 Å². The van der Waals surface area contributed by atoms with Gasteiger partial charge in [0.05, 0.1) is 5.52 Å². The second-order valence-corrected chi connectivity index (χ2v) is 8.28. The zero-order chi connectivity index (χ0) is 21.8. The molecule has 0 aliphatic rings. The minimum atomic E-state index is -0.681. The molecule has 2 aromatic rings. The third kappa shape index (κ3) is 6.04. The van der Waals surface area contributed by atoms with Crippen molar-refractivity contribution in [2.45, 2.75) is 79.4 Å². The molecule has 0 bridgehead atoms. The predicted octanol–water partition coefficient (Wildman–Crippen LogP) is 3.49. The van der Waals surface area contributed by atoms with Crippen LogP contribution in [-0.2, 0) is 17.7 Å². The molecule has 0 saturated carbocycles. The van der Waals surface area contributed by atoms with Gasteiger partial charge in [0.1, 0.15) is 16.9 Å². The Kier molecular flexibility index (Phi) is 7.43. The number of hydrogen-bond acceptors (Lipinski definition) is 7. The van der Waals surface area contributed by atoms with Crippen LogP contribution in [0.3, 0.4) is 0 Å². The van der Waals surface area contributed by atoms with Crippen molar-refractivity contribution in [3.05, 3.63) is 17.1 Å². The number of nitrogens with two attached hydrogens (primary N) is 1. The smallest absolute Gasteiger partial charge is 0.424 e. The molecule has 9 nitrogen and oxygen atoms in total. The lowest BCUT2D eigenvalue weighted by atomic mass is 10.2. The van der Waals surface area contributed by atoms with Crippen molar-refractivity contribution in [1.29, 1.82) is 0 Å². The summed E-state index contributed by atoms with van der Waals surface area (Å²) in [6.07, 6.45) is 2.64. The lowest BCUT2D eigenvalue weighted by Crippen LogP contribution is -2.43. The van der Waals surface area contributed by atoms with Gasteiger partial charge in [-0.2, -0.15) is 0 Å². The minimum Gasteiger partial charge on any atom is -0.443 e. The number of unbranched alkanes of at least 4 members (excludes halogenated alkanes) is 1. The Morgan fingerprint density at radius 3 is 2.59 bits per heavy atom. The maximum atomic E-state index is 11.7. The van der Waals surface area contributed by atoms with Gasteiger partial charge in [0.2, 0.25) is 0 Å². The van der Waals surface area contributed by atoms with Crippen LogP contribution < -0.4 is 11.2 Å². The number of aryl methyl sites for hydroxylation is 4. The van der Waals surface area contributed by atoms with Crippen LogP contribution in [0.4, 0.5) is 10.6 Å². The largest absolute Gasteiger partial charge is 0.443 e. The minimum absolute atomic E-state index is 0.288. The summed E-state index contributed by atoms with van der Waals surface area (Å²) in [5.41, 5.74) is 11.6. The number of nitrogen functional groups attached to an aromatic ring is 1. The molecule has 0 aliphatic carbocycles. The van der Waals surface area contributed by atoms with Crippen LogP contribution in [0.15, 0.2) is 0 Å². The van der Waals surface area contributed by atoms with Gasteiger partial charge in [-0.05, 0) is 59.4 Å². The summed E-state index contributed by atoms with van der Waals surface area (Å²) < 4.78 is 7.33. The highest BCUT2D eigenvalue weighted by Gasteiger charge is 2.19. The zero-order valence-electron chi connectivity index (χ0n) is 18.4. The fraction of sp³-hybridized carbons (Fsp3) is 0.650. The molecular formula is C20H34N6O3. The Morgan fingerprint density at radius 1 is 1.28 bits per heavy atom. The van der Waals surface area contributed by atoms with Crippen LogP contribution in [0, 0.1) is 13.8 Å². The fourth-order valence-electron chi connectivity index (χ4n) is 3.20. The number of pyridine rings is 1. The number of hydrazine groups is 1. The molecule has 1 amide bonds. The Labute approximate surface area is 172 Å². The molecule has 29 heavy (non-hydrogen) atoms. The number of rotatable bonds is 8. The van der Waals surface area contributed by atoms with E-state index in [1.807, 2.05) is 13.8 Å². The predicted molar refractivity (Wildman–Crippen MR) is 113 cm³/mol. The summed E-state index contributed by atoms with van der Waals surface area (Å²) in [6.45, 7) is 12.4. The summed E-state index contributed by atoms with van der Waals surface area (Å²) in [5.74, 6) is 1.46. The monoisotopic (exact) mass is 406 g/mol. The molecule has 4 N–H and O–H groups in total. The molecule has 2 rings (SSSR count). The van der Waals surface area contributed by atoms with Crippen molar-refractivity contribution in [2.24, 2.45) is 0 Å². The number of ether oxygens (including phenoxy) is 1. The van der Waals surface area contributed by atoms with E-state index < -0.39 is 11.7 Å². The average molecular weight is 407 g/mol. The molecule has 2 aromatic heterocycles. The zero-order valence-corrected chi connectivity index (χ0v) is 18.4. The summed E-state index contributed by atoms with van der Waals surface area (Å²) >= 11 is 0. The highest BCUT2D eigenvalue weighted by molar-refractivity contribution is 5.88. The number of anilines is 1. The number of nitrogens with one attached hydrogen (secondary N) is 1. The van der Waals surface area contributed by atoms with Gasteiger partial charge in [-0.3, -0.25) is 5.21 Å². The Bertz CT molecular complexity index is 856. The Balaban J connectivity index is 2.01. The summed E-state index contributed by atoms with van der Waals surface area (Å²) in [6, 6.07) is 0. The standard InChI is InChI=1S/C20H34N6O3/c1-7-10-15-23-16-17(13(2)14(3)22-18(16)21)25(15)11-8-9-12-26(28)24-19(27)29-20(4,5)6/h28H,7-12H2,1-6H3,(H2,21,22)(H,24,27). The van der Waals surface area contributed by atoms with Crippen molar-refractivity contribution >= 4 is 22.9 Å². The molecule has 0 atom stereocenters. The summed E-state index contributed by atoms with van der Waals surface area (Å²) in [5, 5.41) is 10.6. The third-order valence-electron chi connectivity index (χ3n) is 4.57. The third-order valence-corrected chi connectivity index (χ3v) is 4.57. The molecule has 0 fully saturated rings. The van der Waals surface area contributed by atoms with E-state index in [1.54, 1.807) is 20.8 Å². The lowest BCUT2D eigenvalue weighted by Gasteiger charge is -2.22. The molecule has 0 saturated heterocycles. The number of hydroxylamine groups is 1. The highest BCUT2D eigenvalue weighted by atomic mass is 16.6. The van der Waals surface area contributed by atoms with E-state index in [0.29, 0.717) is 12.2 Å². The first kappa shape index (κ1) is 22.9. The number of fused-ring (bicyclic) bond motifs is 1. The van der Waals surface area contributed by atoms with Crippen molar-refractivity contribution in [3.8, 4) is 0 Å². The van der Waals surface area contributed by atoms with E-state index in [1.165, 1.54) is 0 Å². The molecule has 2 heterocycles. The van der Waals surface area contributed by atoms with Gasteiger partial charge in [0.25, 0.3) is 0 Å². The first-order chi connectivity index (χ1) is 13.5. The SMILES string of the molecule is CCCc1nc2c(N)nc(C)c(C)c2n1CCCCN(O)NC(=O)OC(C)(C)C. The van der Waals surface area contributed by atoms with Gasteiger partial charge in [-0.25, -0.2) is 20.2 Å². The lowest BCUT2D eigenvalue weighted by molar-refractivity contribution is -0.134. The second kappa shape index (κ2) is 9.41. The summed E-state index contributed by atoms with van der Waals surface area (Å²) in [7, 11) is 0. The molecule has 162 valence electrons. The maximum absolute atomic E-state index is 11.7. The van der Waals surface area contributed by atoms with Gasteiger partial charge in [-0.15, -0.1) is 0 Å². The van der Waals surface area contributed by atoms with Crippen LogP contribution in [-0.4, -0.2) is 43.2 Å². The van der Waals surface area contributed by atoms with Crippen molar-refractivity contribution in [2.75, 3.05) is 12.3 Å². The molecular weight excluding hydrogens is 372 g/mol. The number of carbonyl (C=O) groups is 1. The molecule has 0 radical (unpaired) electrons. The van der Waals surface area contributed by atoms with Crippen molar-refractivity contribution < 1.29 is 14.7 Å². The van der Waals surface area contributed by atoms with E-state index in [9.17, 15) is 10.0 Å².